The quantitative estimate of drug-likeness (QED) is 0.0797. The van der Waals surface area contributed by atoms with E-state index >= 15 is 0 Å². The van der Waals surface area contributed by atoms with E-state index in [2.05, 4.69) is 90.6 Å². The first-order chi connectivity index (χ1) is 35.1. The number of rotatable bonds is 17. The number of thiazole rings is 2. The summed E-state index contributed by atoms with van der Waals surface area (Å²) < 4.78 is 10.6. The summed E-state index contributed by atoms with van der Waals surface area (Å²) in [6, 6.07) is 0.379. The molecule has 73 heavy (non-hydrogen) atoms. The maximum atomic E-state index is 13.0. The number of anilines is 4. The molecule has 16 nitrogen and oxygen atoms in total. The number of carbonyl (C=O) groups is 2. The van der Waals surface area contributed by atoms with E-state index in [1.54, 1.807) is 61.7 Å². The van der Waals surface area contributed by atoms with Crippen LogP contribution in [0, 0.1) is 0 Å². The summed E-state index contributed by atoms with van der Waals surface area (Å²) in [7, 11) is 3.63. The molecular weight excluding hydrogens is 1130 g/mol. The molecule has 0 spiro atoms. The molecule has 10 rings (SSSR count). The van der Waals surface area contributed by atoms with Gasteiger partial charge in [-0.1, -0.05) is 47.0 Å². The number of fused-ring (bicyclic) bond motifs is 2. The van der Waals surface area contributed by atoms with Crippen LogP contribution in [0.3, 0.4) is 0 Å². The minimum Gasteiger partial charge on any atom is -0.340 e. The summed E-state index contributed by atoms with van der Waals surface area (Å²) in [6.45, 7) is 11.1. The van der Waals surface area contributed by atoms with Gasteiger partial charge in [-0.15, -0.1) is 11.3 Å². The largest absolute Gasteiger partial charge is 0.340 e. The molecule has 2 fully saturated rings. The Balaban J connectivity index is 0.000000164. The number of nitrogens with zero attached hydrogens (tertiary/aromatic N) is 14. The van der Waals surface area contributed by atoms with E-state index in [-0.39, 0.29) is 31.3 Å². The van der Waals surface area contributed by atoms with Crippen molar-refractivity contribution in [2.75, 3.05) is 33.7 Å². The third kappa shape index (κ3) is 12.2. The first kappa shape index (κ1) is 56.4. The third-order valence-electron chi connectivity index (χ3n) is 15.0. The van der Waals surface area contributed by atoms with Gasteiger partial charge in [-0.25, -0.2) is 24.9 Å². The molecule has 8 heterocycles. The fraction of sp³-hybridized carbons (Fsp3) is 0.585. The molecule has 394 valence electrons. The first-order valence-electron chi connectivity index (χ1n) is 26.5. The van der Waals surface area contributed by atoms with E-state index in [1.165, 1.54) is 75.5 Å². The Morgan fingerprint density at radius 2 is 1.07 bits per heavy atom. The zero-order valence-corrected chi connectivity index (χ0v) is 49.4. The van der Waals surface area contributed by atoms with Crippen LogP contribution in [-0.4, -0.2) is 117 Å². The summed E-state index contributed by atoms with van der Waals surface area (Å²) in [5.41, 5.74) is 1.55. The number of hydrogen-bond donors (Lipinski definition) is 0. The molecule has 2 saturated carbocycles. The van der Waals surface area contributed by atoms with E-state index in [0.717, 1.165) is 72.4 Å². The molecule has 0 N–H and O–H groups in total. The monoisotopic (exact) mass is 1200 g/mol. The SMILES string of the molecule is C.CCC[CH2][Sn]([CH2]CCC)([CH2]CCC)[c]1nccs1.CC[C@@H]1C(=O)N(C)c2cnc(-n3ccnc3-c3nccs3)nc2N1C1CCCC1.CC[C@@H]1C(=O)N(C)c2cnc(-n3ccnc3Br)nc2N1C1CCCC1. The van der Waals surface area contributed by atoms with Crippen LogP contribution in [0.2, 0.25) is 13.3 Å². The smallest absolute Gasteiger partial charge is 0.249 e. The van der Waals surface area contributed by atoms with Gasteiger partial charge >= 0.3 is 122 Å². The number of halogens is 1. The zero-order chi connectivity index (χ0) is 50.8. The van der Waals surface area contributed by atoms with Crippen LogP contribution in [0.15, 0.2) is 65.1 Å². The van der Waals surface area contributed by atoms with E-state index in [1.807, 2.05) is 54.0 Å². The zero-order valence-electron chi connectivity index (χ0n) is 43.3. The average molecular weight is 1210 g/mol. The van der Waals surface area contributed by atoms with Gasteiger partial charge in [0.25, 0.3) is 0 Å². The molecule has 0 radical (unpaired) electrons. The predicted octanol–water partition coefficient (Wildman–Crippen LogP) is 12.1. The van der Waals surface area contributed by atoms with Crippen molar-refractivity contribution in [2.24, 2.45) is 0 Å². The van der Waals surface area contributed by atoms with Gasteiger partial charge in [0.1, 0.15) is 23.5 Å². The van der Waals surface area contributed by atoms with Crippen molar-refractivity contribution in [3.63, 3.8) is 0 Å². The summed E-state index contributed by atoms with van der Waals surface area (Å²) in [5, 5.41) is 4.95. The number of likely N-dealkylation sites (N-methyl/N-ethyl adjacent to an activating group) is 2. The number of unbranched alkanes of at least 4 members (excludes halogenated alkanes) is 3. The molecule has 0 bridgehead atoms. The van der Waals surface area contributed by atoms with Crippen molar-refractivity contribution in [2.45, 2.75) is 182 Å². The topological polar surface area (TPSA) is 160 Å². The molecule has 0 aromatic carbocycles. The summed E-state index contributed by atoms with van der Waals surface area (Å²) in [6.07, 6.45) is 33.5. The third-order valence-corrected chi connectivity index (χ3v) is 35.0. The van der Waals surface area contributed by atoms with Gasteiger partial charge in [0.15, 0.2) is 27.2 Å². The number of carbonyl (C=O) groups excluding carboxylic acids is 2. The molecule has 2 amide bonds. The van der Waals surface area contributed by atoms with E-state index in [0.29, 0.717) is 28.7 Å². The molecule has 6 aromatic rings. The number of imidazole rings is 2. The Morgan fingerprint density at radius 3 is 1.49 bits per heavy atom. The van der Waals surface area contributed by atoms with E-state index < -0.39 is 18.4 Å². The minimum atomic E-state index is -2.12. The predicted molar refractivity (Wildman–Crippen MR) is 305 cm³/mol. The van der Waals surface area contributed by atoms with Gasteiger partial charge in [0, 0.05) is 62.5 Å². The molecule has 0 saturated heterocycles. The molecule has 2 atom stereocenters. The Labute approximate surface area is 453 Å². The van der Waals surface area contributed by atoms with Gasteiger partial charge in [-0.3, -0.25) is 18.7 Å². The van der Waals surface area contributed by atoms with E-state index in [9.17, 15) is 9.59 Å². The Kier molecular flexibility index (Phi) is 20.4. The van der Waals surface area contributed by atoms with Crippen LogP contribution in [0.4, 0.5) is 23.0 Å². The summed E-state index contributed by atoms with van der Waals surface area (Å²) in [5.74, 6) is 3.77. The normalized spacial score (nSPS) is 18.0. The maximum Gasteiger partial charge on any atom is 0.249 e. The average Bonchev–Trinajstić information content (AvgIpc) is 4.27. The van der Waals surface area contributed by atoms with Crippen LogP contribution in [-0.2, 0) is 9.59 Å². The van der Waals surface area contributed by atoms with Gasteiger partial charge in [0.2, 0.25) is 23.7 Å². The molecule has 6 aromatic heterocycles. The second-order valence-corrected chi connectivity index (χ2v) is 36.0. The molecular formula is C53H77BrN14O2S2Sn. The molecule has 2 aliphatic carbocycles. The van der Waals surface area contributed by atoms with E-state index in [4.69, 9.17) is 15.0 Å². The van der Waals surface area contributed by atoms with Crippen LogP contribution >= 0.6 is 38.6 Å². The molecule has 20 heteroatoms. The van der Waals surface area contributed by atoms with Crippen molar-refractivity contribution < 1.29 is 9.59 Å². The minimum absolute atomic E-state index is 0. The van der Waals surface area contributed by atoms with Crippen molar-refractivity contribution in [3.05, 3.63) is 65.1 Å². The number of hydrogen-bond acceptors (Lipinski definition) is 14. The Bertz CT molecular complexity index is 2650. The molecule has 0 unspecified atom stereocenters. The number of aromatic nitrogens is 10. The first-order valence-corrected chi connectivity index (χ1v) is 36.5. The van der Waals surface area contributed by atoms with Gasteiger partial charge in [-0.2, -0.15) is 9.97 Å². The number of amides is 2. The van der Waals surface area contributed by atoms with Crippen molar-refractivity contribution >= 4 is 94.8 Å². The van der Waals surface area contributed by atoms with Crippen LogP contribution in [0.1, 0.15) is 145 Å². The van der Waals surface area contributed by atoms with Crippen molar-refractivity contribution in [3.8, 4) is 22.7 Å². The second kappa shape index (κ2) is 26.4. The Hall–Kier alpha value is -4.34. The van der Waals surface area contributed by atoms with Crippen LogP contribution in [0.5, 0.6) is 0 Å². The molecule has 4 aliphatic rings. The van der Waals surface area contributed by atoms with Crippen LogP contribution < -0.4 is 22.6 Å². The summed E-state index contributed by atoms with van der Waals surface area (Å²) >= 11 is 4.79. The fourth-order valence-electron chi connectivity index (χ4n) is 11.1. The van der Waals surface area contributed by atoms with Gasteiger partial charge in [0.05, 0.1) is 12.4 Å². The summed E-state index contributed by atoms with van der Waals surface area (Å²) in [4.78, 5) is 70.4. The molecule has 2 aliphatic heterocycles. The standard InChI is InChI=1S/C20H23N7OS.C17H21BrN6O.3C4H9.C3H2NS.CH4.Sn/c1-3-14-19(28)25(2)15-12-23-20(24-16(15)27(14)13-6-4-5-7-13)26-10-8-21-17(26)18-22-9-11-29-18;1-3-12-15(25)22(2)13-10-20-17(23-9-8-19-16(23)18)21-14(13)24(12)11-6-4-5-7-11;3*1-3-4-2;1-2-5-3-4-1;;/h8-14H,3-7H2,1-2H3;8-12H,3-7H2,1-2H3;3*1,3-4H2,2H3;1-2H;1H4;/t14-;12-;;;;;;/m11....../s1. The van der Waals surface area contributed by atoms with Gasteiger partial charge < -0.3 is 19.6 Å². The second-order valence-electron chi connectivity index (χ2n) is 19.5. The van der Waals surface area contributed by atoms with Crippen molar-refractivity contribution in [1.29, 1.82) is 0 Å². The fourth-order valence-corrected chi connectivity index (χ4v) is 31.3. The van der Waals surface area contributed by atoms with Crippen LogP contribution in [0.25, 0.3) is 22.7 Å². The van der Waals surface area contributed by atoms with Crippen molar-refractivity contribution in [1.82, 2.24) is 49.0 Å². The Morgan fingerprint density at radius 1 is 0.603 bits per heavy atom. The maximum absolute atomic E-state index is 13.0. The van der Waals surface area contributed by atoms with Gasteiger partial charge in [-0.05, 0) is 54.5 Å².